The third-order valence-electron chi connectivity index (χ3n) is 4.20. The Hall–Kier alpha value is -3.07. The molecule has 1 aliphatic heterocycles. The fourth-order valence-electron chi connectivity index (χ4n) is 2.87. The number of para-hydroxylation sites is 2. The van der Waals surface area contributed by atoms with Crippen LogP contribution in [-0.4, -0.2) is 22.6 Å². The first-order chi connectivity index (χ1) is 11.8. The first kappa shape index (κ1) is 14.5. The summed E-state index contributed by atoms with van der Waals surface area (Å²) in [6, 6.07) is 12.6. The normalized spacial score (nSPS) is 17.8. The number of fused-ring (bicyclic) bond motifs is 1. The van der Waals surface area contributed by atoms with Gasteiger partial charge in [-0.3, -0.25) is 0 Å². The Morgan fingerprint density at radius 3 is 2.96 bits per heavy atom. The highest BCUT2D eigenvalue weighted by molar-refractivity contribution is 5.90. The molecule has 0 radical (unpaired) electrons. The first-order valence-corrected chi connectivity index (χ1v) is 8.18. The molecule has 0 bridgehead atoms. The van der Waals surface area contributed by atoms with Gasteiger partial charge in [-0.1, -0.05) is 12.1 Å². The third kappa shape index (κ3) is 2.54. The molecule has 0 unspecified atom stereocenters. The molecule has 2 aromatic rings. The smallest absolute Gasteiger partial charge is 0.223 e. The molecule has 6 nitrogen and oxygen atoms in total. The highest BCUT2D eigenvalue weighted by atomic mass is 15.3. The van der Waals surface area contributed by atoms with Crippen LogP contribution in [0.5, 0.6) is 0 Å². The summed E-state index contributed by atoms with van der Waals surface area (Å²) in [5.74, 6) is 1.36. The number of aromatic nitrogens is 2. The Balaban J connectivity index is 1.75. The number of hydrogen-bond donors (Lipinski definition) is 2. The number of hydrogen-bond acceptors (Lipinski definition) is 6. The van der Waals surface area contributed by atoms with Crippen LogP contribution < -0.4 is 15.5 Å². The number of nitrogens with zero attached hydrogens (tertiary/aromatic N) is 4. The lowest BCUT2D eigenvalue weighted by Crippen LogP contribution is -2.21. The molecule has 120 valence electrons. The monoisotopic (exact) mass is 318 g/mol. The van der Waals surface area contributed by atoms with Crippen molar-refractivity contribution in [3.05, 3.63) is 48.0 Å². The van der Waals surface area contributed by atoms with E-state index in [0.717, 1.165) is 36.6 Å². The Kier molecular flexibility index (Phi) is 3.54. The number of anilines is 3. The number of allylic oxidation sites excluding steroid dienone is 1. The van der Waals surface area contributed by atoms with Crippen molar-refractivity contribution in [1.82, 2.24) is 9.97 Å². The van der Waals surface area contributed by atoms with Gasteiger partial charge in [0.2, 0.25) is 5.95 Å². The number of nitriles is 1. The average Bonchev–Trinajstić information content (AvgIpc) is 3.34. The number of benzene rings is 1. The predicted octanol–water partition coefficient (Wildman–Crippen LogP) is 3.20. The van der Waals surface area contributed by atoms with Crippen LogP contribution in [0.25, 0.3) is 5.57 Å². The van der Waals surface area contributed by atoms with Gasteiger partial charge in [0.1, 0.15) is 17.5 Å². The molecule has 1 aliphatic carbocycles. The van der Waals surface area contributed by atoms with Gasteiger partial charge in [0, 0.05) is 18.8 Å². The molecule has 0 amide bonds. The lowest BCUT2D eigenvalue weighted by molar-refractivity contribution is 0.989. The predicted molar refractivity (Wildman–Crippen MR) is 94.3 cm³/mol. The molecule has 1 aromatic carbocycles. The molecular formula is C18H18N6. The first-order valence-electron chi connectivity index (χ1n) is 8.18. The fourth-order valence-corrected chi connectivity index (χ4v) is 2.87. The van der Waals surface area contributed by atoms with Crippen LogP contribution >= 0.6 is 0 Å². The molecule has 4 rings (SSSR count). The van der Waals surface area contributed by atoms with Crippen LogP contribution in [0.3, 0.4) is 0 Å². The summed E-state index contributed by atoms with van der Waals surface area (Å²) in [5.41, 5.74) is 3.24. The van der Waals surface area contributed by atoms with Crippen molar-refractivity contribution < 1.29 is 0 Å². The van der Waals surface area contributed by atoms with Gasteiger partial charge in [0.15, 0.2) is 0 Å². The Labute approximate surface area is 140 Å². The summed E-state index contributed by atoms with van der Waals surface area (Å²) in [6.07, 6.45) is 4.00. The minimum Gasteiger partial charge on any atom is -0.351 e. The Morgan fingerprint density at radius 2 is 2.21 bits per heavy atom. The van der Waals surface area contributed by atoms with Gasteiger partial charge in [0.25, 0.3) is 0 Å². The molecule has 24 heavy (non-hydrogen) atoms. The quantitative estimate of drug-likeness (QED) is 0.843. The summed E-state index contributed by atoms with van der Waals surface area (Å²) < 4.78 is 0. The van der Waals surface area contributed by atoms with Crippen molar-refractivity contribution in [3.63, 3.8) is 0 Å². The largest absolute Gasteiger partial charge is 0.351 e. The number of nitrogens with one attached hydrogen (secondary N) is 2. The molecule has 0 atom stereocenters. The maximum absolute atomic E-state index is 9.76. The van der Waals surface area contributed by atoms with E-state index in [1.807, 2.05) is 24.3 Å². The van der Waals surface area contributed by atoms with Crippen molar-refractivity contribution in [1.29, 1.82) is 5.26 Å². The van der Waals surface area contributed by atoms with Crippen LogP contribution in [0.4, 0.5) is 17.3 Å². The molecule has 1 aromatic heterocycles. The van der Waals surface area contributed by atoms with E-state index in [9.17, 15) is 5.26 Å². The standard InChI is InChI=1S/C18H18N6/c1-2-24-16-6-4-3-5-15(16)22-17(24)13(11-19)14-9-10-20-18(23-14)21-12-7-8-12/h3-6,9-10,12,22H,2,7-8H2,1H3,(H,20,21,23)/b17-13+. The molecule has 1 fully saturated rings. The maximum atomic E-state index is 9.76. The lowest BCUT2D eigenvalue weighted by atomic mass is 10.2. The van der Waals surface area contributed by atoms with Gasteiger partial charge < -0.3 is 15.5 Å². The van der Waals surface area contributed by atoms with E-state index in [4.69, 9.17) is 0 Å². The van der Waals surface area contributed by atoms with Gasteiger partial charge in [0.05, 0.1) is 17.1 Å². The van der Waals surface area contributed by atoms with Crippen LogP contribution in [0.1, 0.15) is 25.5 Å². The minimum atomic E-state index is 0.472. The van der Waals surface area contributed by atoms with Gasteiger partial charge in [-0.15, -0.1) is 0 Å². The van der Waals surface area contributed by atoms with E-state index in [1.54, 1.807) is 12.3 Å². The number of rotatable bonds is 4. The maximum Gasteiger partial charge on any atom is 0.223 e. The molecule has 0 spiro atoms. The topological polar surface area (TPSA) is 76.9 Å². The summed E-state index contributed by atoms with van der Waals surface area (Å²) >= 11 is 0. The van der Waals surface area contributed by atoms with Crippen molar-refractivity contribution in [3.8, 4) is 6.07 Å². The zero-order valence-electron chi connectivity index (χ0n) is 13.5. The molecule has 2 heterocycles. The zero-order chi connectivity index (χ0) is 16.5. The van der Waals surface area contributed by atoms with Gasteiger partial charge in [-0.25, -0.2) is 9.97 Å². The second-order valence-corrected chi connectivity index (χ2v) is 5.91. The van der Waals surface area contributed by atoms with Crippen LogP contribution in [0.15, 0.2) is 42.3 Å². The van der Waals surface area contributed by atoms with E-state index < -0.39 is 0 Å². The fraction of sp³-hybridized carbons (Fsp3) is 0.278. The van der Waals surface area contributed by atoms with E-state index in [1.165, 1.54) is 0 Å². The van der Waals surface area contributed by atoms with Crippen molar-refractivity contribution in [2.75, 3.05) is 22.1 Å². The van der Waals surface area contributed by atoms with Crippen molar-refractivity contribution in [2.24, 2.45) is 0 Å². The van der Waals surface area contributed by atoms with E-state index in [2.05, 4.69) is 38.5 Å². The van der Waals surface area contributed by atoms with Crippen molar-refractivity contribution in [2.45, 2.75) is 25.8 Å². The summed E-state index contributed by atoms with van der Waals surface area (Å²) in [6.45, 7) is 2.83. The summed E-state index contributed by atoms with van der Waals surface area (Å²) in [5, 5.41) is 16.4. The molecular weight excluding hydrogens is 300 g/mol. The van der Waals surface area contributed by atoms with Crippen LogP contribution in [-0.2, 0) is 0 Å². The molecule has 0 saturated heterocycles. The van der Waals surface area contributed by atoms with Gasteiger partial charge in [-0.2, -0.15) is 5.26 Å². The minimum absolute atomic E-state index is 0.472. The van der Waals surface area contributed by atoms with Gasteiger partial charge >= 0.3 is 0 Å². The highest BCUT2D eigenvalue weighted by Gasteiger charge is 2.27. The second-order valence-electron chi connectivity index (χ2n) is 5.91. The van der Waals surface area contributed by atoms with E-state index >= 15 is 0 Å². The SMILES string of the molecule is CCN1/C(=C(\C#N)c2ccnc(NC3CC3)n2)Nc2ccccc21. The molecule has 1 saturated carbocycles. The molecule has 2 N–H and O–H groups in total. The third-order valence-corrected chi connectivity index (χ3v) is 4.20. The summed E-state index contributed by atoms with van der Waals surface area (Å²) in [4.78, 5) is 10.9. The van der Waals surface area contributed by atoms with Gasteiger partial charge in [-0.05, 0) is 38.0 Å². The van der Waals surface area contributed by atoms with E-state index in [0.29, 0.717) is 23.3 Å². The highest BCUT2D eigenvalue weighted by Crippen LogP contribution is 2.38. The van der Waals surface area contributed by atoms with E-state index in [-0.39, 0.29) is 0 Å². The molecule has 2 aliphatic rings. The lowest BCUT2D eigenvalue weighted by Gasteiger charge is -2.19. The molecule has 6 heteroatoms. The zero-order valence-corrected chi connectivity index (χ0v) is 13.5. The summed E-state index contributed by atoms with van der Waals surface area (Å²) in [7, 11) is 0. The van der Waals surface area contributed by atoms with Crippen LogP contribution in [0.2, 0.25) is 0 Å². The second kappa shape index (κ2) is 5.85. The Morgan fingerprint density at radius 1 is 1.38 bits per heavy atom. The Bertz CT molecular complexity index is 847. The average molecular weight is 318 g/mol. The van der Waals surface area contributed by atoms with Crippen molar-refractivity contribution >= 4 is 22.9 Å². The van der Waals surface area contributed by atoms with Crippen LogP contribution in [0, 0.1) is 11.3 Å².